The van der Waals surface area contributed by atoms with E-state index in [9.17, 15) is 14.4 Å². The quantitative estimate of drug-likeness (QED) is 0.485. The topological polar surface area (TPSA) is 85.6 Å². The summed E-state index contributed by atoms with van der Waals surface area (Å²) in [5.74, 6) is -1.01. The van der Waals surface area contributed by atoms with Crippen LogP contribution in [-0.4, -0.2) is 24.3 Å². The van der Waals surface area contributed by atoms with Crippen molar-refractivity contribution in [2.75, 3.05) is 11.9 Å². The number of ketones is 1. The van der Waals surface area contributed by atoms with Crippen molar-refractivity contribution in [1.82, 2.24) is 0 Å². The van der Waals surface area contributed by atoms with E-state index in [2.05, 4.69) is 5.32 Å². The molecule has 1 amide bonds. The van der Waals surface area contributed by atoms with Gasteiger partial charge in [0.25, 0.3) is 5.91 Å². The predicted octanol–water partition coefficient (Wildman–Crippen LogP) is 4.45. The third-order valence-electron chi connectivity index (χ3n) is 5.13. The maximum atomic E-state index is 12.4. The highest BCUT2D eigenvalue weighted by atomic mass is 16.5. The number of hydrogen-bond donors (Lipinski definition) is 1. The van der Waals surface area contributed by atoms with Crippen molar-refractivity contribution < 1.29 is 23.5 Å². The molecule has 1 aliphatic rings. The maximum Gasteiger partial charge on any atom is 0.338 e. The van der Waals surface area contributed by atoms with Crippen molar-refractivity contribution in [1.29, 1.82) is 0 Å². The van der Waals surface area contributed by atoms with Crippen LogP contribution in [0, 0.1) is 0 Å². The molecule has 2 aromatic carbocycles. The standard InChI is InChI=1S/C24H21NO5/c26-21(19-8-7-16-4-1-2-5-18(16)14-19)15-30-24(28)17-9-11-20(12-10-17)25-23(27)22-6-3-13-29-22/h3,6-14H,1-2,4-5,15H2,(H,25,27). The average molecular weight is 403 g/mol. The minimum absolute atomic E-state index is 0.194. The number of ether oxygens (including phenoxy) is 1. The molecular weight excluding hydrogens is 382 g/mol. The van der Waals surface area contributed by atoms with Crippen LogP contribution < -0.4 is 5.32 Å². The summed E-state index contributed by atoms with van der Waals surface area (Å²) in [6.07, 6.45) is 5.77. The lowest BCUT2D eigenvalue weighted by Gasteiger charge is -2.16. The Labute approximate surface area is 173 Å². The van der Waals surface area contributed by atoms with E-state index in [0.717, 1.165) is 19.3 Å². The largest absolute Gasteiger partial charge is 0.459 e. The summed E-state index contributed by atoms with van der Waals surface area (Å²) in [6.45, 7) is -0.311. The molecule has 0 unspecified atom stereocenters. The van der Waals surface area contributed by atoms with E-state index in [0.29, 0.717) is 16.8 Å². The molecule has 0 bridgehead atoms. The highest BCUT2D eigenvalue weighted by molar-refractivity contribution is 6.02. The molecule has 1 N–H and O–H groups in total. The number of anilines is 1. The molecule has 1 heterocycles. The number of furan rings is 1. The summed E-state index contributed by atoms with van der Waals surface area (Å²) in [7, 11) is 0. The number of esters is 1. The summed E-state index contributed by atoms with van der Waals surface area (Å²) in [4.78, 5) is 36.6. The second-order valence-corrected chi connectivity index (χ2v) is 7.20. The van der Waals surface area contributed by atoms with Crippen LogP contribution in [0.3, 0.4) is 0 Å². The van der Waals surface area contributed by atoms with Crippen molar-refractivity contribution in [2.45, 2.75) is 25.7 Å². The van der Waals surface area contributed by atoms with E-state index >= 15 is 0 Å². The van der Waals surface area contributed by atoms with Gasteiger partial charge in [-0.2, -0.15) is 0 Å². The molecule has 0 saturated carbocycles. The first kappa shape index (κ1) is 19.6. The Morgan fingerprint density at radius 1 is 0.900 bits per heavy atom. The fourth-order valence-electron chi connectivity index (χ4n) is 3.49. The minimum Gasteiger partial charge on any atom is -0.459 e. The molecule has 0 fully saturated rings. The van der Waals surface area contributed by atoms with E-state index in [1.54, 1.807) is 30.3 Å². The average Bonchev–Trinajstić information content (AvgIpc) is 3.32. The van der Waals surface area contributed by atoms with Crippen LogP contribution in [0.5, 0.6) is 0 Å². The zero-order valence-electron chi connectivity index (χ0n) is 16.4. The molecular formula is C24H21NO5. The van der Waals surface area contributed by atoms with Crippen LogP contribution in [0.1, 0.15) is 55.2 Å². The van der Waals surface area contributed by atoms with Gasteiger partial charge in [0.05, 0.1) is 11.8 Å². The summed E-state index contributed by atoms with van der Waals surface area (Å²) in [6, 6.07) is 15.1. The number of fused-ring (bicyclic) bond motifs is 1. The molecule has 152 valence electrons. The van der Waals surface area contributed by atoms with E-state index in [4.69, 9.17) is 9.15 Å². The van der Waals surface area contributed by atoms with Gasteiger partial charge in [-0.3, -0.25) is 9.59 Å². The molecule has 0 spiro atoms. The lowest BCUT2D eigenvalue weighted by Crippen LogP contribution is -2.15. The normalized spacial score (nSPS) is 12.7. The fourth-order valence-corrected chi connectivity index (χ4v) is 3.49. The fraction of sp³-hybridized carbons (Fsp3) is 0.208. The molecule has 1 aromatic heterocycles. The molecule has 0 radical (unpaired) electrons. The molecule has 6 nitrogen and oxygen atoms in total. The monoisotopic (exact) mass is 403 g/mol. The van der Waals surface area contributed by atoms with Gasteiger partial charge in [-0.15, -0.1) is 0 Å². The number of Topliss-reactive ketones (excluding diaryl/α,β-unsaturated/α-hetero) is 1. The predicted molar refractivity (Wildman–Crippen MR) is 111 cm³/mol. The van der Waals surface area contributed by atoms with E-state index < -0.39 is 5.97 Å². The Bertz CT molecular complexity index is 1070. The van der Waals surface area contributed by atoms with Gasteiger partial charge in [0.15, 0.2) is 18.2 Å². The summed E-state index contributed by atoms with van der Waals surface area (Å²) >= 11 is 0. The van der Waals surface area contributed by atoms with Gasteiger partial charge in [-0.1, -0.05) is 12.1 Å². The number of benzene rings is 2. The van der Waals surface area contributed by atoms with Gasteiger partial charge in [0.1, 0.15) is 0 Å². The van der Waals surface area contributed by atoms with Crippen molar-refractivity contribution >= 4 is 23.3 Å². The third kappa shape index (κ3) is 4.49. The summed E-state index contributed by atoms with van der Waals surface area (Å²) < 4.78 is 10.2. The number of hydrogen-bond acceptors (Lipinski definition) is 5. The first-order chi connectivity index (χ1) is 14.6. The Morgan fingerprint density at radius 3 is 2.37 bits per heavy atom. The molecule has 4 rings (SSSR count). The second-order valence-electron chi connectivity index (χ2n) is 7.20. The number of carbonyl (C=O) groups is 3. The van der Waals surface area contributed by atoms with Crippen LogP contribution in [0.2, 0.25) is 0 Å². The van der Waals surface area contributed by atoms with Gasteiger partial charge in [0.2, 0.25) is 0 Å². The third-order valence-corrected chi connectivity index (χ3v) is 5.13. The molecule has 0 atom stereocenters. The van der Waals surface area contributed by atoms with E-state index in [-0.39, 0.29) is 24.1 Å². The highest BCUT2D eigenvalue weighted by Crippen LogP contribution is 2.22. The van der Waals surface area contributed by atoms with Crippen LogP contribution in [0.4, 0.5) is 5.69 Å². The maximum absolute atomic E-state index is 12.4. The zero-order chi connectivity index (χ0) is 20.9. The number of rotatable bonds is 6. The Morgan fingerprint density at radius 2 is 1.63 bits per heavy atom. The Kier molecular flexibility index (Phi) is 5.75. The molecule has 3 aromatic rings. The van der Waals surface area contributed by atoms with Crippen molar-refractivity contribution in [3.8, 4) is 0 Å². The van der Waals surface area contributed by atoms with Gasteiger partial charge < -0.3 is 14.5 Å². The van der Waals surface area contributed by atoms with Crippen LogP contribution in [0.25, 0.3) is 0 Å². The lowest BCUT2D eigenvalue weighted by molar-refractivity contribution is 0.0474. The molecule has 1 aliphatic carbocycles. The van der Waals surface area contributed by atoms with Gasteiger partial charge in [-0.25, -0.2) is 4.79 Å². The SMILES string of the molecule is O=C(COC(=O)c1ccc(NC(=O)c2ccco2)cc1)c1ccc2c(c1)CCCC2. The molecule has 30 heavy (non-hydrogen) atoms. The van der Waals surface area contributed by atoms with Gasteiger partial charge in [-0.05, 0) is 79.3 Å². The summed E-state index contributed by atoms with van der Waals surface area (Å²) in [5, 5.41) is 2.67. The smallest absolute Gasteiger partial charge is 0.338 e. The van der Waals surface area contributed by atoms with Gasteiger partial charge in [0, 0.05) is 11.3 Å². The highest BCUT2D eigenvalue weighted by Gasteiger charge is 2.16. The number of carbonyl (C=O) groups excluding carboxylic acids is 3. The molecule has 6 heteroatoms. The lowest BCUT2D eigenvalue weighted by atomic mass is 9.90. The first-order valence-electron chi connectivity index (χ1n) is 9.87. The molecule has 0 saturated heterocycles. The van der Waals surface area contributed by atoms with Crippen molar-refractivity contribution in [3.63, 3.8) is 0 Å². The summed E-state index contributed by atoms with van der Waals surface area (Å²) in [5.41, 5.74) is 3.89. The zero-order valence-corrected chi connectivity index (χ0v) is 16.4. The van der Waals surface area contributed by atoms with Crippen LogP contribution >= 0.6 is 0 Å². The Balaban J connectivity index is 1.32. The van der Waals surface area contributed by atoms with Crippen molar-refractivity contribution in [3.05, 3.63) is 88.9 Å². The number of amides is 1. The first-order valence-corrected chi connectivity index (χ1v) is 9.87. The van der Waals surface area contributed by atoms with Crippen molar-refractivity contribution in [2.24, 2.45) is 0 Å². The number of nitrogens with one attached hydrogen (secondary N) is 1. The number of aryl methyl sites for hydroxylation is 2. The Hall–Kier alpha value is -3.67. The van der Waals surface area contributed by atoms with Crippen LogP contribution in [-0.2, 0) is 17.6 Å². The minimum atomic E-state index is -0.592. The molecule has 0 aliphatic heterocycles. The van der Waals surface area contributed by atoms with Gasteiger partial charge >= 0.3 is 5.97 Å². The van der Waals surface area contributed by atoms with Crippen LogP contribution in [0.15, 0.2) is 65.3 Å². The van der Waals surface area contributed by atoms with E-state index in [1.807, 2.05) is 12.1 Å². The second kappa shape index (κ2) is 8.78. The van der Waals surface area contributed by atoms with E-state index in [1.165, 1.54) is 35.9 Å².